The van der Waals surface area contributed by atoms with E-state index in [2.05, 4.69) is 73.2 Å². The molecular weight excluding hydrogens is 391 g/mol. The second kappa shape index (κ2) is 8.38. The SMILES string of the molecule is Cc1cccc(N2CC[NH+]([C@H](c3ccc(F)cc3)c3nnnn3C(C)(C)C)CC2)c1C. The van der Waals surface area contributed by atoms with Gasteiger partial charge in [-0.25, -0.2) is 9.07 Å². The molecule has 3 aromatic rings. The zero-order valence-electron chi connectivity index (χ0n) is 19.1. The molecule has 1 saturated heterocycles. The van der Waals surface area contributed by atoms with Crippen molar-refractivity contribution < 1.29 is 9.29 Å². The lowest BCUT2D eigenvalue weighted by Gasteiger charge is -2.38. The lowest BCUT2D eigenvalue weighted by atomic mass is 10.0. The fraction of sp³-hybridized carbons (Fsp3) is 0.458. The molecule has 1 N–H and O–H groups in total. The summed E-state index contributed by atoms with van der Waals surface area (Å²) >= 11 is 0. The van der Waals surface area contributed by atoms with E-state index in [1.807, 2.05) is 16.8 Å². The van der Waals surface area contributed by atoms with Gasteiger partial charge in [-0.15, -0.1) is 5.10 Å². The van der Waals surface area contributed by atoms with Crippen molar-refractivity contribution >= 4 is 5.69 Å². The highest BCUT2D eigenvalue weighted by Gasteiger charge is 2.36. The van der Waals surface area contributed by atoms with Gasteiger partial charge in [0.05, 0.1) is 31.7 Å². The summed E-state index contributed by atoms with van der Waals surface area (Å²) in [6.07, 6.45) is 0. The van der Waals surface area contributed by atoms with Crippen LogP contribution in [0.4, 0.5) is 10.1 Å². The highest BCUT2D eigenvalue weighted by atomic mass is 19.1. The van der Waals surface area contributed by atoms with Gasteiger partial charge >= 0.3 is 0 Å². The maximum Gasteiger partial charge on any atom is 0.214 e. The van der Waals surface area contributed by atoms with E-state index in [4.69, 9.17) is 0 Å². The summed E-state index contributed by atoms with van der Waals surface area (Å²) in [5.41, 5.74) is 4.78. The Hall–Kier alpha value is -2.80. The predicted octanol–water partition coefficient (Wildman–Crippen LogP) is 2.68. The quantitative estimate of drug-likeness (QED) is 0.701. The van der Waals surface area contributed by atoms with Crippen LogP contribution in [0.1, 0.15) is 49.3 Å². The molecule has 0 unspecified atom stereocenters. The van der Waals surface area contributed by atoms with E-state index in [1.165, 1.54) is 33.8 Å². The molecule has 1 fully saturated rings. The van der Waals surface area contributed by atoms with Crippen molar-refractivity contribution in [3.63, 3.8) is 0 Å². The molecule has 0 aliphatic carbocycles. The third-order valence-electron chi connectivity index (χ3n) is 6.32. The van der Waals surface area contributed by atoms with E-state index < -0.39 is 0 Å². The standard InChI is InChI=1S/C24H31FN6/c1-17-7-6-8-21(18(17)2)29-13-15-30(16-14-29)22(19-9-11-20(25)12-10-19)23-26-27-28-31(23)24(3,4)5/h6-12,22H,13-16H2,1-5H3/p+1/t22-/m1/s1. The number of aryl methyl sites for hydroxylation is 1. The van der Waals surface area contributed by atoms with Crippen molar-refractivity contribution in [2.24, 2.45) is 0 Å². The van der Waals surface area contributed by atoms with Crippen LogP contribution in [0.25, 0.3) is 0 Å². The minimum absolute atomic E-state index is 0.0458. The van der Waals surface area contributed by atoms with Gasteiger partial charge in [0, 0.05) is 11.3 Å². The van der Waals surface area contributed by atoms with Gasteiger partial charge in [-0.2, -0.15) is 0 Å². The molecular formula is C24H32FN6+. The van der Waals surface area contributed by atoms with E-state index in [0.717, 1.165) is 37.6 Å². The second-order valence-corrected chi connectivity index (χ2v) is 9.47. The Morgan fingerprint density at radius 2 is 1.68 bits per heavy atom. The molecule has 1 aliphatic rings. The first-order chi connectivity index (χ1) is 14.8. The maximum absolute atomic E-state index is 13.7. The van der Waals surface area contributed by atoms with Gasteiger partial charge in [0.2, 0.25) is 5.82 Å². The molecule has 0 amide bonds. The average molecular weight is 424 g/mol. The molecule has 2 heterocycles. The van der Waals surface area contributed by atoms with E-state index in [-0.39, 0.29) is 17.4 Å². The summed E-state index contributed by atoms with van der Waals surface area (Å²) in [5, 5.41) is 12.7. The largest absolute Gasteiger partial charge is 0.360 e. The normalized spacial score (nSPS) is 16.5. The number of anilines is 1. The molecule has 2 aromatic carbocycles. The molecule has 0 radical (unpaired) electrons. The first-order valence-electron chi connectivity index (χ1n) is 11.0. The zero-order valence-corrected chi connectivity index (χ0v) is 19.1. The van der Waals surface area contributed by atoms with Crippen molar-refractivity contribution in [2.75, 3.05) is 31.1 Å². The number of nitrogens with one attached hydrogen (secondary N) is 1. The number of piperazine rings is 1. The van der Waals surface area contributed by atoms with Crippen LogP contribution in [0.2, 0.25) is 0 Å². The number of hydrogen-bond acceptors (Lipinski definition) is 4. The minimum Gasteiger partial charge on any atom is -0.360 e. The van der Waals surface area contributed by atoms with Crippen molar-refractivity contribution in [3.05, 3.63) is 70.8 Å². The first-order valence-corrected chi connectivity index (χ1v) is 11.0. The fourth-order valence-electron chi connectivity index (χ4n) is 4.48. The molecule has 1 atom stereocenters. The Balaban J connectivity index is 1.64. The van der Waals surface area contributed by atoms with Crippen LogP contribution in [0.5, 0.6) is 0 Å². The zero-order chi connectivity index (χ0) is 22.2. The Morgan fingerprint density at radius 3 is 2.32 bits per heavy atom. The van der Waals surface area contributed by atoms with Gasteiger partial charge in [-0.3, -0.25) is 0 Å². The number of halogens is 1. The number of tetrazole rings is 1. The second-order valence-electron chi connectivity index (χ2n) is 9.47. The molecule has 1 aliphatic heterocycles. The molecule has 0 spiro atoms. The van der Waals surface area contributed by atoms with Crippen LogP contribution in [0.15, 0.2) is 42.5 Å². The fourth-order valence-corrected chi connectivity index (χ4v) is 4.48. The summed E-state index contributed by atoms with van der Waals surface area (Å²) in [6.45, 7) is 14.5. The molecule has 4 rings (SSSR count). The summed E-state index contributed by atoms with van der Waals surface area (Å²) < 4.78 is 15.6. The topological polar surface area (TPSA) is 51.3 Å². The highest BCUT2D eigenvalue weighted by molar-refractivity contribution is 5.56. The van der Waals surface area contributed by atoms with Crippen LogP contribution < -0.4 is 9.80 Å². The Labute approximate surface area is 183 Å². The summed E-state index contributed by atoms with van der Waals surface area (Å²) in [6, 6.07) is 13.3. The van der Waals surface area contributed by atoms with Crippen molar-refractivity contribution in [1.82, 2.24) is 20.2 Å². The van der Waals surface area contributed by atoms with Gasteiger partial charge in [-0.05, 0) is 86.5 Å². The number of nitrogens with zero attached hydrogens (tertiary/aromatic N) is 5. The van der Waals surface area contributed by atoms with Crippen molar-refractivity contribution in [1.29, 1.82) is 0 Å². The van der Waals surface area contributed by atoms with Crippen molar-refractivity contribution in [2.45, 2.75) is 46.2 Å². The van der Waals surface area contributed by atoms with Crippen LogP contribution in [-0.4, -0.2) is 46.4 Å². The van der Waals surface area contributed by atoms with E-state index in [9.17, 15) is 4.39 Å². The molecule has 1 aromatic heterocycles. The third-order valence-corrected chi connectivity index (χ3v) is 6.32. The van der Waals surface area contributed by atoms with E-state index in [1.54, 1.807) is 0 Å². The van der Waals surface area contributed by atoms with Gasteiger partial charge in [0.15, 0.2) is 6.04 Å². The molecule has 7 heteroatoms. The first kappa shape index (κ1) is 21.4. The van der Waals surface area contributed by atoms with Gasteiger partial charge in [0.25, 0.3) is 0 Å². The van der Waals surface area contributed by atoms with Gasteiger partial charge < -0.3 is 9.80 Å². The number of quaternary nitrogens is 1. The predicted molar refractivity (Wildman–Crippen MR) is 120 cm³/mol. The Morgan fingerprint density at radius 1 is 1.00 bits per heavy atom. The van der Waals surface area contributed by atoms with Crippen molar-refractivity contribution in [3.8, 4) is 0 Å². The lowest BCUT2D eigenvalue weighted by Crippen LogP contribution is -3.15. The molecule has 0 saturated carbocycles. The Bertz CT molecular complexity index is 1030. The smallest absolute Gasteiger partial charge is 0.214 e. The maximum atomic E-state index is 13.7. The van der Waals surface area contributed by atoms with Crippen LogP contribution >= 0.6 is 0 Å². The summed E-state index contributed by atoms with van der Waals surface area (Å²) in [7, 11) is 0. The van der Waals surface area contributed by atoms with Crippen LogP contribution in [0, 0.1) is 19.7 Å². The van der Waals surface area contributed by atoms with E-state index >= 15 is 0 Å². The molecule has 6 nitrogen and oxygen atoms in total. The minimum atomic E-state index is -0.239. The van der Waals surface area contributed by atoms with Gasteiger partial charge in [-0.1, -0.05) is 12.1 Å². The third kappa shape index (κ3) is 4.32. The molecule has 164 valence electrons. The van der Waals surface area contributed by atoms with Gasteiger partial charge in [0.1, 0.15) is 5.82 Å². The van der Waals surface area contributed by atoms with Crippen LogP contribution in [-0.2, 0) is 5.54 Å². The summed E-state index contributed by atoms with van der Waals surface area (Å²) in [4.78, 5) is 3.87. The highest BCUT2D eigenvalue weighted by Crippen LogP contribution is 2.25. The lowest BCUT2D eigenvalue weighted by molar-refractivity contribution is -0.927. The van der Waals surface area contributed by atoms with Crippen LogP contribution in [0.3, 0.4) is 0 Å². The average Bonchev–Trinajstić information content (AvgIpc) is 3.22. The number of benzene rings is 2. The number of aromatic nitrogens is 4. The number of hydrogen-bond donors (Lipinski definition) is 1. The molecule has 31 heavy (non-hydrogen) atoms. The summed E-state index contributed by atoms with van der Waals surface area (Å²) in [5.74, 6) is 0.599. The Kier molecular flexibility index (Phi) is 5.79. The van der Waals surface area contributed by atoms with E-state index in [0.29, 0.717) is 0 Å². The molecule has 0 bridgehead atoms. The number of rotatable bonds is 4. The monoisotopic (exact) mass is 423 g/mol.